The van der Waals surface area contributed by atoms with Gasteiger partial charge in [-0.15, -0.1) is 6.58 Å². The Bertz CT molecular complexity index is 179. The Kier molecular flexibility index (Phi) is 1.79. The molecule has 1 aliphatic carbocycles. The Morgan fingerprint density at radius 2 is 2.18 bits per heavy atom. The summed E-state index contributed by atoms with van der Waals surface area (Å²) in [7, 11) is 0. The van der Waals surface area contributed by atoms with E-state index in [-0.39, 0.29) is 6.42 Å². The van der Waals surface area contributed by atoms with Crippen molar-refractivity contribution in [2.24, 2.45) is 11.3 Å². The molecule has 0 saturated heterocycles. The number of halogens is 2. The monoisotopic (exact) mass is 162 g/mol. The molecule has 1 fully saturated rings. The third kappa shape index (κ3) is 0.906. The van der Waals surface area contributed by atoms with Gasteiger partial charge in [-0.25, -0.2) is 8.78 Å². The van der Waals surface area contributed by atoms with Crippen molar-refractivity contribution in [1.82, 2.24) is 0 Å². The predicted octanol–water partition coefficient (Wildman–Crippen LogP) is 1.83. The molecule has 0 spiro atoms. The second kappa shape index (κ2) is 2.27. The van der Waals surface area contributed by atoms with Crippen LogP contribution in [0.25, 0.3) is 0 Å². The molecule has 0 heterocycles. The lowest BCUT2D eigenvalue weighted by Crippen LogP contribution is -2.10. The van der Waals surface area contributed by atoms with Crippen molar-refractivity contribution in [3.63, 3.8) is 0 Å². The molecule has 0 aliphatic heterocycles. The average Bonchev–Trinajstić information content (AvgIpc) is 2.36. The zero-order chi connectivity index (χ0) is 8.70. The number of aliphatic hydroxyl groups excluding tert-OH is 1. The van der Waals surface area contributed by atoms with E-state index in [1.807, 2.05) is 0 Å². The molecule has 0 bridgehead atoms. The minimum atomic E-state index is -2.70. The van der Waals surface area contributed by atoms with Crippen LogP contribution in [-0.4, -0.2) is 17.6 Å². The molecule has 11 heavy (non-hydrogen) atoms. The summed E-state index contributed by atoms with van der Waals surface area (Å²) in [4.78, 5) is 0. The molecule has 0 aromatic heterocycles. The topological polar surface area (TPSA) is 20.2 Å². The van der Waals surface area contributed by atoms with E-state index in [1.54, 1.807) is 0 Å². The minimum absolute atomic E-state index is 0.282. The quantitative estimate of drug-likeness (QED) is 0.627. The van der Waals surface area contributed by atoms with Crippen molar-refractivity contribution in [3.05, 3.63) is 12.7 Å². The van der Waals surface area contributed by atoms with Crippen LogP contribution in [0.5, 0.6) is 0 Å². The molecule has 64 valence electrons. The van der Waals surface area contributed by atoms with E-state index in [2.05, 4.69) is 6.58 Å². The average molecular weight is 162 g/mol. The van der Waals surface area contributed by atoms with E-state index in [9.17, 15) is 8.78 Å². The number of hydrogen-bond donors (Lipinski definition) is 1. The third-order valence-electron chi connectivity index (χ3n) is 2.62. The molecular weight excluding hydrogens is 150 g/mol. The molecule has 0 radical (unpaired) electrons. The zero-order valence-electron chi connectivity index (χ0n) is 6.48. The molecule has 0 amide bonds. The molecule has 0 aromatic rings. The SMILES string of the molecule is C=CC[C@@H]1C(F)(F)[C@@]1(C)CO. The molecule has 1 rings (SSSR count). The van der Waals surface area contributed by atoms with Gasteiger partial charge in [0, 0.05) is 5.92 Å². The molecule has 1 nitrogen and oxygen atoms in total. The fourth-order valence-corrected chi connectivity index (χ4v) is 1.46. The van der Waals surface area contributed by atoms with E-state index in [0.717, 1.165) is 0 Å². The van der Waals surface area contributed by atoms with E-state index >= 15 is 0 Å². The summed E-state index contributed by atoms with van der Waals surface area (Å²) in [5.41, 5.74) is -1.19. The fourth-order valence-electron chi connectivity index (χ4n) is 1.46. The van der Waals surface area contributed by atoms with Crippen LogP contribution in [0.3, 0.4) is 0 Å². The van der Waals surface area contributed by atoms with Gasteiger partial charge in [-0.2, -0.15) is 0 Å². The summed E-state index contributed by atoms with van der Waals surface area (Å²) in [5.74, 6) is -3.41. The normalized spacial score (nSPS) is 40.2. The van der Waals surface area contributed by atoms with Gasteiger partial charge in [0.05, 0.1) is 12.0 Å². The van der Waals surface area contributed by atoms with Crippen LogP contribution in [0.1, 0.15) is 13.3 Å². The largest absolute Gasteiger partial charge is 0.396 e. The van der Waals surface area contributed by atoms with Crippen LogP contribution in [0.15, 0.2) is 12.7 Å². The first kappa shape index (κ1) is 8.65. The Morgan fingerprint density at radius 1 is 1.64 bits per heavy atom. The van der Waals surface area contributed by atoms with Gasteiger partial charge >= 0.3 is 0 Å². The Hall–Kier alpha value is -0.440. The van der Waals surface area contributed by atoms with Gasteiger partial charge in [0.15, 0.2) is 0 Å². The molecule has 1 saturated carbocycles. The van der Waals surface area contributed by atoms with Crippen molar-refractivity contribution in [3.8, 4) is 0 Å². The standard InChI is InChI=1S/C8H12F2O/c1-3-4-6-7(2,5-11)8(6,9)10/h3,6,11H,1,4-5H2,2H3/t6-,7-/m0/s1. The van der Waals surface area contributed by atoms with Crippen LogP contribution < -0.4 is 0 Å². The first-order valence-electron chi connectivity index (χ1n) is 3.60. The van der Waals surface area contributed by atoms with Crippen LogP contribution in [0, 0.1) is 11.3 Å². The van der Waals surface area contributed by atoms with Crippen LogP contribution in [-0.2, 0) is 0 Å². The van der Waals surface area contributed by atoms with Gasteiger partial charge in [0.2, 0.25) is 0 Å². The Morgan fingerprint density at radius 3 is 2.45 bits per heavy atom. The van der Waals surface area contributed by atoms with Crippen LogP contribution in [0.2, 0.25) is 0 Å². The predicted molar refractivity (Wildman–Crippen MR) is 38.4 cm³/mol. The highest BCUT2D eigenvalue weighted by Gasteiger charge is 2.76. The zero-order valence-corrected chi connectivity index (χ0v) is 6.48. The lowest BCUT2D eigenvalue weighted by molar-refractivity contribution is 0.0413. The lowest BCUT2D eigenvalue weighted by Gasteiger charge is -2.02. The number of alkyl halides is 2. The summed E-state index contributed by atoms with van der Waals surface area (Å²) < 4.78 is 25.6. The van der Waals surface area contributed by atoms with E-state index < -0.39 is 23.9 Å². The third-order valence-corrected chi connectivity index (χ3v) is 2.62. The maximum atomic E-state index is 12.8. The van der Waals surface area contributed by atoms with Gasteiger partial charge < -0.3 is 5.11 Å². The van der Waals surface area contributed by atoms with E-state index in [4.69, 9.17) is 5.11 Å². The highest BCUT2D eigenvalue weighted by Crippen LogP contribution is 2.66. The summed E-state index contributed by atoms with van der Waals surface area (Å²) in [6, 6.07) is 0. The molecule has 3 heteroatoms. The Labute approximate surface area is 64.7 Å². The van der Waals surface area contributed by atoms with Crippen molar-refractivity contribution in [2.45, 2.75) is 19.3 Å². The smallest absolute Gasteiger partial charge is 0.259 e. The number of rotatable bonds is 3. The van der Waals surface area contributed by atoms with Crippen molar-refractivity contribution < 1.29 is 13.9 Å². The molecule has 0 aromatic carbocycles. The van der Waals surface area contributed by atoms with Gasteiger partial charge in [-0.05, 0) is 6.42 Å². The van der Waals surface area contributed by atoms with E-state index in [1.165, 1.54) is 13.0 Å². The van der Waals surface area contributed by atoms with Gasteiger partial charge in [0.25, 0.3) is 5.92 Å². The molecule has 1 N–H and O–H groups in total. The first-order valence-corrected chi connectivity index (χ1v) is 3.60. The highest BCUT2D eigenvalue weighted by atomic mass is 19.3. The van der Waals surface area contributed by atoms with Crippen LogP contribution in [0.4, 0.5) is 8.78 Å². The Balaban J connectivity index is 2.66. The second-order valence-electron chi connectivity index (χ2n) is 3.28. The summed E-state index contributed by atoms with van der Waals surface area (Å²) >= 11 is 0. The summed E-state index contributed by atoms with van der Waals surface area (Å²) in [6.07, 6.45) is 1.75. The van der Waals surface area contributed by atoms with Gasteiger partial charge in [-0.3, -0.25) is 0 Å². The highest BCUT2D eigenvalue weighted by molar-refractivity contribution is 5.16. The van der Waals surface area contributed by atoms with E-state index in [0.29, 0.717) is 0 Å². The fraction of sp³-hybridized carbons (Fsp3) is 0.750. The van der Waals surface area contributed by atoms with Gasteiger partial charge in [-0.1, -0.05) is 13.0 Å². The van der Waals surface area contributed by atoms with Crippen molar-refractivity contribution >= 4 is 0 Å². The van der Waals surface area contributed by atoms with Gasteiger partial charge in [0.1, 0.15) is 0 Å². The molecule has 0 unspecified atom stereocenters. The lowest BCUT2D eigenvalue weighted by atomic mass is 10.1. The van der Waals surface area contributed by atoms with Crippen molar-refractivity contribution in [1.29, 1.82) is 0 Å². The molecule has 1 aliphatic rings. The molecule has 2 atom stereocenters. The summed E-state index contributed by atoms with van der Waals surface area (Å²) in [5, 5.41) is 8.68. The number of allylic oxidation sites excluding steroid dienone is 1. The summed E-state index contributed by atoms with van der Waals surface area (Å²) in [6.45, 7) is 4.35. The van der Waals surface area contributed by atoms with Crippen LogP contribution >= 0.6 is 0 Å². The number of hydrogen-bond acceptors (Lipinski definition) is 1. The maximum Gasteiger partial charge on any atom is 0.259 e. The number of aliphatic hydroxyl groups is 1. The minimum Gasteiger partial charge on any atom is -0.396 e. The second-order valence-corrected chi connectivity index (χ2v) is 3.28. The maximum absolute atomic E-state index is 12.8. The first-order chi connectivity index (χ1) is 5.00. The van der Waals surface area contributed by atoms with Crippen molar-refractivity contribution in [2.75, 3.05) is 6.61 Å². The molecular formula is C8H12F2O.